The Hall–Kier alpha value is -3.34. The molecule has 1 aromatic heterocycles. The van der Waals surface area contributed by atoms with Crippen molar-refractivity contribution < 1.29 is 18.3 Å². The number of para-hydroxylation sites is 1. The van der Waals surface area contributed by atoms with Crippen LogP contribution >= 0.6 is 0 Å². The third-order valence-corrected chi connectivity index (χ3v) is 5.02. The highest BCUT2D eigenvalue weighted by Gasteiger charge is 2.33. The molecular weight excluding hydrogens is 375 g/mol. The SMILES string of the molecule is Cc1ccc(C)c(-c2cnc3c(C(F)(F)F)cccc3c2-c2cccc(O)c2)c1. The van der Waals surface area contributed by atoms with Crippen molar-refractivity contribution in [2.45, 2.75) is 20.0 Å². The summed E-state index contributed by atoms with van der Waals surface area (Å²) in [4.78, 5) is 4.22. The number of fused-ring (bicyclic) bond motifs is 1. The summed E-state index contributed by atoms with van der Waals surface area (Å²) in [7, 11) is 0. The number of phenolic OH excluding ortho intramolecular Hbond substituents is 1. The first kappa shape index (κ1) is 19.0. The lowest BCUT2D eigenvalue weighted by Crippen LogP contribution is -2.07. The van der Waals surface area contributed by atoms with Crippen LogP contribution in [0, 0.1) is 13.8 Å². The van der Waals surface area contributed by atoms with Gasteiger partial charge in [0.1, 0.15) is 5.75 Å². The zero-order valence-electron chi connectivity index (χ0n) is 15.9. The molecule has 0 radical (unpaired) electrons. The highest BCUT2D eigenvalue weighted by atomic mass is 19.4. The van der Waals surface area contributed by atoms with Crippen LogP contribution in [0.3, 0.4) is 0 Å². The van der Waals surface area contributed by atoms with Gasteiger partial charge in [-0.2, -0.15) is 13.2 Å². The number of phenols is 1. The lowest BCUT2D eigenvalue weighted by atomic mass is 9.89. The maximum atomic E-state index is 13.6. The number of pyridine rings is 1. The smallest absolute Gasteiger partial charge is 0.418 e. The Kier molecular flexibility index (Phi) is 4.53. The van der Waals surface area contributed by atoms with Crippen LogP contribution in [-0.4, -0.2) is 10.1 Å². The Bertz CT molecular complexity index is 1230. The zero-order chi connectivity index (χ0) is 20.8. The van der Waals surface area contributed by atoms with Crippen molar-refractivity contribution in [3.05, 3.63) is 83.6 Å². The zero-order valence-corrected chi connectivity index (χ0v) is 15.9. The van der Waals surface area contributed by atoms with Crippen LogP contribution in [0.4, 0.5) is 13.2 Å². The van der Waals surface area contributed by atoms with Crippen molar-refractivity contribution in [2.24, 2.45) is 0 Å². The molecule has 4 aromatic rings. The molecule has 0 aliphatic rings. The number of aromatic nitrogens is 1. The molecule has 0 saturated heterocycles. The van der Waals surface area contributed by atoms with Gasteiger partial charge in [-0.15, -0.1) is 0 Å². The van der Waals surface area contributed by atoms with Gasteiger partial charge in [0.15, 0.2) is 0 Å². The van der Waals surface area contributed by atoms with E-state index in [2.05, 4.69) is 4.98 Å². The van der Waals surface area contributed by atoms with Gasteiger partial charge >= 0.3 is 6.18 Å². The van der Waals surface area contributed by atoms with Gasteiger partial charge < -0.3 is 5.11 Å². The van der Waals surface area contributed by atoms with Gasteiger partial charge in [0.25, 0.3) is 0 Å². The maximum absolute atomic E-state index is 13.6. The second kappa shape index (κ2) is 6.92. The van der Waals surface area contributed by atoms with E-state index >= 15 is 0 Å². The van der Waals surface area contributed by atoms with E-state index in [9.17, 15) is 18.3 Å². The lowest BCUT2D eigenvalue weighted by molar-refractivity contribution is -0.136. The molecule has 3 aromatic carbocycles. The molecule has 0 aliphatic heterocycles. The van der Waals surface area contributed by atoms with Crippen molar-refractivity contribution in [1.29, 1.82) is 0 Å². The Morgan fingerprint density at radius 2 is 1.62 bits per heavy atom. The van der Waals surface area contributed by atoms with Gasteiger partial charge in [0.05, 0.1) is 11.1 Å². The maximum Gasteiger partial charge on any atom is 0.418 e. The minimum absolute atomic E-state index is 0.0475. The molecule has 0 aliphatic carbocycles. The van der Waals surface area contributed by atoms with Gasteiger partial charge in [-0.05, 0) is 48.7 Å². The first-order chi connectivity index (χ1) is 13.8. The Balaban J connectivity index is 2.15. The normalized spacial score (nSPS) is 11.8. The molecule has 0 spiro atoms. The average Bonchev–Trinajstić information content (AvgIpc) is 2.67. The van der Waals surface area contributed by atoms with Crippen LogP contribution in [0.1, 0.15) is 16.7 Å². The van der Waals surface area contributed by atoms with Crippen LogP contribution < -0.4 is 0 Å². The van der Waals surface area contributed by atoms with E-state index in [1.807, 2.05) is 32.0 Å². The van der Waals surface area contributed by atoms with Gasteiger partial charge in [0, 0.05) is 22.7 Å². The van der Waals surface area contributed by atoms with E-state index in [4.69, 9.17) is 0 Å². The van der Waals surface area contributed by atoms with Crippen LogP contribution in [0.15, 0.2) is 66.9 Å². The van der Waals surface area contributed by atoms with E-state index in [-0.39, 0.29) is 11.3 Å². The van der Waals surface area contributed by atoms with E-state index in [1.54, 1.807) is 24.3 Å². The lowest BCUT2D eigenvalue weighted by Gasteiger charge is -2.18. The minimum atomic E-state index is -4.51. The molecule has 0 fully saturated rings. The summed E-state index contributed by atoms with van der Waals surface area (Å²) >= 11 is 0. The summed E-state index contributed by atoms with van der Waals surface area (Å²) < 4.78 is 40.7. The quantitative estimate of drug-likeness (QED) is 0.401. The summed E-state index contributed by atoms with van der Waals surface area (Å²) in [5.41, 5.74) is 4.02. The Morgan fingerprint density at radius 1 is 0.862 bits per heavy atom. The monoisotopic (exact) mass is 393 g/mol. The summed E-state index contributed by atoms with van der Waals surface area (Å²) in [5.74, 6) is 0.0475. The van der Waals surface area contributed by atoms with Gasteiger partial charge in [0.2, 0.25) is 0 Å². The molecule has 0 saturated carbocycles. The fourth-order valence-electron chi connectivity index (χ4n) is 3.65. The molecule has 0 atom stereocenters. The summed E-state index contributed by atoms with van der Waals surface area (Å²) in [5, 5.41) is 10.4. The molecule has 1 N–H and O–H groups in total. The number of benzene rings is 3. The van der Waals surface area contributed by atoms with Gasteiger partial charge in [-0.1, -0.05) is 48.0 Å². The number of alkyl halides is 3. The molecule has 146 valence electrons. The van der Waals surface area contributed by atoms with E-state index < -0.39 is 11.7 Å². The number of aryl methyl sites for hydroxylation is 2. The second-order valence-corrected chi connectivity index (χ2v) is 7.12. The highest BCUT2D eigenvalue weighted by molar-refractivity contribution is 6.03. The fraction of sp³-hybridized carbons (Fsp3) is 0.125. The third kappa shape index (κ3) is 3.44. The summed E-state index contributed by atoms with van der Waals surface area (Å²) in [6, 6.07) is 16.6. The minimum Gasteiger partial charge on any atom is -0.508 e. The van der Waals surface area contributed by atoms with Crippen LogP contribution in [0.2, 0.25) is 0 Å². The van der Waals surface area contributed by atoms with Crippen molar-refractivity contribution in [1.82, 2.24) is 4.98 Å². The molecule has 1 heterocycles. The van der Waals surface area contributed by atoms with E-state index in [0.29, 0.717) is 16.5 Å². The highest BCUT2D eigenvalue weighted by Crippen LogP contribution is 2.42. The standard InChI is InChI=1S/C24H18F3NO/c1-14-9-10-15(2)19(11-14)20-13-28-23-18(7-4-8-21(23)24(25,26)27)22(20)16-5-3-6-17(29)12-16/h3-13,29H,1-2H3. The van der Waals surface area contributed by atoms with Crippen molar-refractivity contribution in [3.63, 3.8) is 0 Å². The largest absolute Gasteiger partial charge is 0.508 e. The molecule has 2 nitrogen and oxygen atoms in total. The molecule has 0 unspecified atom stereocenters. The first-order valence-corrected chi connectivity index (χ1v) is 9.11. The first-order valence-electron chi connectivity index (χ1n) is 9.11. The van der Waals surface area contributed by atoms with Crippen molar-refractivity contribution in [3.8, 4) is 28.0 Å². The summed E-state index contributed by atoms with van der Waals surface area (Å²) in [6.07, 6.45) is -3.01. The fourth-order valence-corrected chi connectivity index (χ4v) is 3.65. The van der Waals surface area contributed by atoms with Gasteiger partial charge in [-0.3, -0.25) is 4.98 Å². The predicted molar refractivity (Wildman–Crippen MR) is 109 cm³/mol. The topological polar surface area (TPSA) is 33.1 Å². The predicted octanol–water partition coefficient (Wildman–Crippen LogP) is 6.91. The third-order valence-electron chi connectivity index (χ3n) is 5.02. The number of nitrogens with zero attached hydrogens (tertiary/aromatic N) is 1. The number of hydrogen-bond acceptors (Lipinski definition) is 2. The van der Waals surface area contributed by atoms with Crippen LogP contribution in [0.5, 0.6) is 5.75 Å². The van der Waals surface area contributed by atoms with E-state index in [0.717, 1.165) is 28.3 Å². The molecular formula is C24H18F3NO. The molecule has 0 bridgehead atoms. The van der Waals surface area contributed by atoms with Crippen LogP contribution in [0.25, 0.3) is 33.2 Å². The molecule has 29 heavy (non-hydrogen) atoms. The van der Waals surface area contributed by atoms with E-state index in [1.165, 1.54) is 18.3 Å². The molecule has 5 heteroatoms. The molecule has 0 amide bonds. The second-order valence-electron chi connectivity index (χ2n) is 7.12. The number of aromatic hydroxyl groups is 1. The summed E-state index contributed by atoms with van der Waals surface area (Å²) in [6.45, 7) is 3.92. The van der Waals surface area contributed by atoms with Crippen LogP contribution in [-0.2, 0) is 6.18 Å². The van der Waals surface area contributed by atoms with Crippen molar-refractivity contribution >= 4 is 10.9 Å². The number of rotatable bonds is 2. The Morgan fingerprint density at radius 3 is 2.34 bits per heavy atom. The molecule has 4 rings (SSSR count). The average molecular weight is 393 g/mol. The number of hydrogen-bond donors (Lipinski definition) is 1. The number of halogens is 3. The van der Waals surface area contributed by atoms with Crippen molar-refractivity contribution in [2.75, 3.05) is 0 Å². The van der Waals surface area contributed by atoms with Gasteiger partial charge in [-0.25, -0.2) is 0 Å². The Labute approximate surface area is 166 Å².